The molecule has 1 spiro atoms. The van der Waals surface area contributed by atoms with Crippen molar-refractivity contribution in [3.05, 3.63) is 532 Å². The molecule has 1 unspecified atom stereocenters. The van der Waals surface area contributed by atoms with Crippen molar-refractivity contribution in [3.8, 4) is 33.4 Å². The molecule has 1 atom stereocenters. The summed E-state index contributed by atoms with van der Waals surface area (Å²) in [6, 6.07) is 184. The molecule has 0 saturated carbocycles. The van der Waals surface area contributed by atoms with Crippen LogP contribution in [0.3, 0.4) is 0 Å². The van der Waals surface area contributed by atoms with Crippen LogP contribution in [0.15, 0.2) is 514 Å². The Morgan fingerprint density at radius 1 is 0.246 bits per heavy atom. The Balaban J connectivity index is 0.000000174. The maximum Gasteiger partial charge on any atom is 0.265 e. The number of rotatable bonds is 19. The van der Waals surface area contributed by atoms with E-state index in [0.29, 0.717) is 0 Å². The summed E-state index contributed by atoms with van der Waals surface area (Å²) in [6.45, 7) is -1.94. The third-order valence-corrected chi connectivity index (χ3v) is 24.0. The number of nitrogens with zero attached hydrogens (tertiary/aromatic N) is 7. The van der Waals surface area contributed by atoms with Crippen molar-refractivity contribution in [1.82, 2.24) is 0 Å². The first-order chi connectivity index (χ1) is 64.5. The molecule has 20 aromatic rings. The van der Waals surface area contributed by atoms with E-state index in [-0.39, 0.29) is 0 Å². The Bertz CT molecular complexity index is 6860. The molecule has 0 heterocycles. The first kappa shape index (κ1) is 82.7. The first-order valence-corrected chi connectivity index (χ1v) is 46.5. The summed E-state index contributed by atoms with van der Waals surface area (Å²) in [7, 11) is 6.97. The van der Waals surface area contributed by atoms with E-state index in [1.807, 2.05) is 0 Å². The SMILES string of the molecule is [2H]P(C)(F)=S.[B]N=P.c1ccc(N(c2ccc(-c3ccc(N(c4ccccc4)c4cccc5ccccc45)cc3)cc2)c2cccc3ccccc23)cc1.c1ccc(N(c2ccccc2)c2ccc(N(c3ccccc3)c3ccc4c(c3)C3(c5ccccc5-c5ccccc53)c3cc(N(c5ccccc5)c5ccc(N(c6ccccc6)c6ccccc6)cc5)ccc3-4)cc2)cc1. The van der Waals surface area contributed by atoms with Gasteiger partial charge in [0, 0.05) is 102 Å². The second kappa shape index (κ2) is 38.7. The van der Waals surface area contributed by atoms with Crippen LogP contribution in [0, 0.1) is 0 Å². The molecule has 0 bridgehead atoms. The Kier molecular flexibility index (Phi) is 24.7. The number of para-hydroxylation sites is 8. The summed E-state index contributed by atoms with van der Waals surface area (Å²) < 4.78 is 20.3. The fourth-order valence-corrected chi connectivity index (χ4v) is 18.6. The van der Waals surface area contributed by atoms with Gasteiger partial charge in [-0.1, -0.05) is 315 Å². The van der Waals surface area contributed by atoms with Crippen molar-refractivity contribution in [1.29, 1.82) is 1.28 Å². The predicted octanol–water partition coefficient (Wildman–Crippen LogP) is 34.1. The van der Waals surface area contributed by atoms with Gasteiger partial charge in [-0.3, -0.25) is 0 Å². The molecule has 0 aliphatic heterocycles. The number of hydrogen-bond acceptors (Lipinski definition) is 8. The largest absolute Gasteiger partial charge is 0.344 e. The molecule has 622 valence electrons. The number of anilines is 18. The zero-order valence-electron chi connectivity index (χ0n) is 72.4. The highest BCUT2D eigenvalue weighted by Crippen LogP contribution is 2.64. The molecule has 2 aliphatic carbocycles. The highest BCUT2D eigenvalue weighted by atomic mass is 32.4. The van der Waals surface area contributed by atoms with E-state index in [1.165, 1.54) is 77.2 Å². The van der Waals surface area contributed by atoms with Gasteiger partial charge in [-0.25, -0.2) is 4.20 Å². The lowest BCUT2D eigenvalue weighted by Gasteiger charge is -2.33. The minimum atomic E-state index is -3.06. The van der Waals surface area contributed by atoms with Crippen molar-refractivity contribution >= 4 is 160 Å². The number of hydrogen-bond donors (Lipinski definition) is 0. The number of fused-ring (bicyclic) bond motifs is 12. The van der Waals surface area contributed by atoms with Crippen molar-refractivity contribution in [2.75, 3.05) is 36.1 Å². The summed E-state index contributed by atoms with van der Waals surface area (Å²) in [5.41, 5.74) is 31.8. The van der Waals surface area contributed by atoms with Crippen LogP contribution in [-0.2, 0) is 17.2 Å². The van der Waals surface area contributed by atoms with Gasteiger partial charge in [0.25, 0.3) is 7.98 Å². The van der Waals surface area contributed by atoms with Crippen molar-refractivity contribution in [2.45, 2.75) is 5.41 Å². The van der Waals surface area contributed by atoms with Gasteiger partial charge in [-0.05, 0) is 288 Å². The average Bonchev–Trinajstić information content (AvgIpc) is 1.50. The number of benzene rings is 20. The minimum Gasteiger partial charge on any atom is -0.344 e. The van der Waals surface area contributed by atoms with Crippen molar-refractivity contribution in [3.63, 3.8) is 0 Å². The molecule has 2 radical (unpaired) electrons. The van der Waals surface area contributed by atoms with Crippen molar-refractivity contribution in [2.24, 2.45) is 4.66 Å². The topological polar surface area (TPSA) is 31.8 Å². The Morgan fingerprint density at radius 3 is 0.723 bits per heavy atom. The van der Waals surface area contributed by atoms with E-state index >= 15 is 0 Å². The van der Waals surface area contributed by atoms with E-state index in [9.17, 15) is 4.20 Å². The molecule has 0 aromatic heterocycles. The van der Waals surface area contributed by atoms with E-state index in [1.54, 1.807) is 0 Å². The van der Waals surface area contributed by atoms with Gasteiger partial charge in [0.05, 0.1) is 16.8 Å². The monoisotopic (exact) mass is 1730 g/mol. The molecular weight excluding hydrogens is 1640 g/mol. The Labute approximate surface area is 771 Å². The smallest absolute Gasteiger partial charge is 0.265 e. The molecule has 130 heavy (non-hydrogen) atoms. The summed E-state index contributed by atoms with van der Waals surface area (Å²) >= 11 is 3.94. The molecule has 2 aliphatic rings. The van der Waals surface area contributed by atoms with E-state index in [0.717, 1.165) is 109 Å². The van der Waals surface area contributed by atoms with Gasteiger partial charge >= 0.3 is 0 Å². The molecule has 0 amide bonds. The maximum absolute atomic E-state index is 11.3. The third-order valence-electron chi connectivity index (χ3n) is 24.0. The lowest BCUT2D eigenvalue weighted by Crippen LogP contribution is -2.26. The first-order valence-electron chi connectivity index (χ1n) is 43.8. The lowest BCUT2D eigenvalue weighted by molar-refractivity contribution is 0.793. The van der Waals surface area contributed by atoms with Crippen LogP contribution < -0.4 is 29.4 Å². The van der Waals surface area contributed by atoms with Gasteiger partial charge in [0.2, 0.25) is 0 Å². The summed E-state index contributed by atoms with van der Waals surface area (Å²) in [5, 5.41) is 4.90. The van der Waals surface area contributed by atoms with Crippen LogP contribution in [0.1, 0.15) is 22.3 Å². The van der Waals surface area contributed by atoms with Crippen LogP contribution in [0.2, 0.25) is 0 Å². The van der Waals surface area contributed by atoms with Crippen LogP contribution in [0.25, 0.3) is 54.9 Å². The van der Waals surface area contributed by atoms with E-state index in [4.69, 9.17) is 1.28 Å². The molecule has 12 heteroatoms. The second-order valence-corrected chi connectivity index (χ2v) is 34.3. The van der Waals surface area contributed by atoms with Crippen LogP contribution in [-0.4, -0.2) is 15.9 Å². The van der Waals surface area contributed by atoms with Crippen LogP contribution in [0.4, 0.5) is 107 Å². The summed E-state index contributed by atoms with van der Waals surface area (Å²) in [4.78, 5) is 14.1. The second-order valence-electron chi connectivity index (χ2n) is 31.7. The van der Waals surface area contributed by atoms with Crippen LogP contribution in [0.5, 0.6) is 0 Å². The van der Waals surface area contributed by atoms with Crippen molar-refractivity contribution < 1.29 is 4.20 Å². The molecule has 0 N–H and O–H groups in total. The Morgan fingerprint density at radius 2 is 0.438 bits per heavy atom. The van der Waals surface area contributed by atoms with Crippen LogP contribution >= 0.6 is 16.0 Å². The summed E-state index contributed by atoms with van der Waals surface area (Å²) in [5.74, 6) is 0. The average molecular weight is 1730 g/mol. The van der Waals surface area contributed by atoms with Gasteiger partial charge < -0.3 is 34.1 Å². The van der Waals surface area contributed by atoms with Gasteiger partial charge in [0.15, 0.2) is 0 Å². The molecule has 20 aromatic carbocycles. The highest BCUT2D eigenvalue weighted by molar-refractivity contribution is 8.02. The molecule has 7 nitrogen and oxygen atoms in total. The fourth-order valence-electron chi connectivity index (χ4n) is 18.6. The standard InChI is InChI=1S/C73H52N4.C44H32N2.CH4FPS.BHNP/c1-7-23-53(24-8-1)74(54-25-9-2-10-26-54)59-39-43-61(44-40-59)76(57-31-15-5-16-32-57)63-47-49-67-68-50-48-64(52-72(68)73(71(67)51-63)69-37-21-19-35-65(69)66-36-20-22-38-70(66)73)77(58-33-17-6-18-34-58)62-45-41-60(42-46-62)75(55-27-11-3-12-28-55)56-29-13-4-14-30-56;1-3-17-37(18-4-1)45(43-23-11-15-35-13-7-9-21-41(35)43)39-29-25-33(26-30-39)34-27-31-40(32-28-34)46(38-19-5-2-6-20-38)44-24-12-16-36-14-8-10-22-42(36)44;1-3(2)4;1-2-3/h1-52H;1-32H;3H,1H3;3H/i;;3D;. The Hall–Kier alpha value is -15.5. The fraction of sp³-hybridized carbons (Fsp3) is 0.0169. The molecule has 22 rings (SSSR count). The maximum atomic E-state index is 11.3. The van der Waals surface area contributed by atoms with E-state index in [2.05, 4.69) is 572 Å². The number of halogens is 1. The predicted molar refractivity (Wildman–Crippen MR) is 557 cm³/mol. The quantitative estimate of drug-likeness (QED) is 0.0589. The summed E-state index contributed by atoms with van der Waals surface area (Å²) in [6.07, 6.45) is 0. The van der Waals surface area contributed by atoms with Gasteiger partial charge in [-0.2, -0.15) is 0 Å². The zero-order valence-corrected chi connectivity index (χ0v) is 74.1. The highest BCUT2D eigenvalue weighted by Gasteiger charge is 2.52. The van der Waals surface area contributed by atoms with Gasteiger partial charge in [0.1, 0.15) is 8.23 Å². The van der Waals surface area contributed by atoms with Gasteiger partial charge in [-0.15, -0.1) is 0 Å². The molecular formula is C118H89BFN7P2S. The zero-order chi connectivity index (χ0) is 89.0. The molecule has 0 fully saturated rings. The minimum absolute atomic E-state index is 0.611. The van der Waals surface area contributed by atoms with E-state index < -0.39 is 12.4 Å². The molecule has 0 saturated heterocycles. The lowest BCUT2D eigenvalue weighted by atomic mass is 9.70. The normalized spacial score (nSPS) is 12.1. The third kappa shape index (κ3) is 17.0.